The standard InChI is InChI=1S/C25H26O3S/c1-26-21-12-14-25(27-2,15-13-21)20-8-5-9-22(18-20)28-16-6-10-23-17-19-7-3-4-11-24(19)29-23/h3-5,7-9,11,17-18,21H,12-16H2,1-2H3. The average Bonchev–Trinajstić information content (AvgIpc) is 3.20. The lowest BCUT2D eigenvalue weighted by Crippen LogP contribution is -2.35. The van der Waals surface area contributed by atoms with Gasteiger partial charge in [-0.2, -0.15) is 0 Å². The van der Waals surface area contributed by atoms with E-state index < -0.39 is 0 Å². The van der Waals surface area contributed by atoms with Crippen molar-refractivity contribution in [2.45, 2.75) is 37.4 Å². The Morgan fingerprint density at radius 2 is 1.86 bits per heavy atom. The monoisotopic (exact) mass is 406 g/mol. The molecule has 0 atom stereocenters. The molecule has 3 aromatic rings. The molecule has 1 aliphatic rings. The number of hydrogen-bond acceptors (Lipinski definition) is 4. The van der Waals surface area contributed by atoms with Crippen LogP contribution in [0.5, 0.6) is 5.75 Å². The summed E-state index contributed by atoms with van der Waals surface area (Å²) in [5.41, 5.74) is 0.918. The Labute approximate surface area is 176 Å². The molecule has 0 amide bonds. The van der Waals surface area contributed by atoms with Gasteiger partial charge < -0.3 is 14.2 Å². The molecule has 1 saturated carbocycles. The third-order valence-corrected chi connectivity index (χ3v) is 6.80. The van der Waals surface area contributed by atoms with E-state index >= 15 is 0 Å². The molecule has 0 saturated heterocycles. The zero-order chi connectivity index (χ0) is 20.1. The molecule has 29 heavy (non-hydrogen) atoms. The van der Waals surface area contributed by atoms with Crippen molar-refractivity contribution in [3.8, 4) is 17.6 Å². The Morgan fingerprint density at radius 3 is 2.62 bits per heavy atom. The largest absolute Gasteiger partial charge is 0.481 e. The fourth-order valence-corrected chi connectivity index (χ4v) is 5.00. The highest BCUT2D eigenvalue weighted by Gasteiger charge is 2.37. The zero-order valence-electron chi connectivity index (χ0n) is 16.9. The molecule has 0 radical (unpaired) electrons. The number of hydrogen-bond donors (Lipinski definition) is 0. The van der Waals surface area contributed by atoms with Crippen LogP contribution in [-0.4, -0.2) is 26.9 Å². The second-order valence-corrected chi connectivity index (χ2v) is 8.48. The first-order valence-corrected chi connectivity index (χ1v) is 10.8. The van der Waals surface area contributed by atoms with Crippen molar-refractivity contribution < 1.29 is 14.2 Å². The van der Waals surface area contributed by atoms with Crippen LogP contribution < -0.4 is 4.74 Å². The summed E-state index contributed by atoms with van der Waals surface area (Å²) in [6, 6.07) is 18.7. The van der Waals surface area contributed by atoms with Crippen molar-refractivity contribution in [1.29, 1.82) is 0 Å². The minimum absolute atomic E-state index is 0.253. The first kappa shape index (κ1) is 20.0. The van der Waals surface area contributed by atoms with Gasteiger partial charge in [-0.15, -0.1) is 11.3 Å². The van der Waals surface area contributed by atoms with Crippen LogP contribution in [0.15, 0.2) is 54.6 Å². The number of rotatable bonds is 5. The SMILES string of the molecule is COC1CCC(OC)(c2cccc(OCC#Cc3cc4ccccc4s3)c2)CC1. The van der Waals surface area contributed by atoms with E-state index in [0.717, 1.165) is 36.3 Å². The van der Waals surface area contributed by atoms with Gasteiger partial charge in [0.1, 0.15) is 12.4 Å². The van der Waals surface area contributed by atoms with Crippen LogP contribution in [-0.2, 0) is 15.1 Å². The van der Waals surface area contributed by atoms with E-state index in [9.17, 15) is 0 Å². The molecule has 0 spiro atoms. The number of benzene rings is 2. The van der Waals surface area contributed by atoms with Gasteiger partial charge in [-0.05, 0) is 60.9 Å². The summed E-state index contributed by atoms with van der Waals surface area (Å²) in [5, 5.41) is 1.24. The van der Waals surface area contributed by atoms with Gasteiger partial charge in [0.25, 0.3) is 0 Å². The quantitative estimate of drug-likeness (QED) is 0.504. The van der Waals surface area contributed by atoms with Crippen LogP contribution in [0.25, 0.3) is 10.1 Å². The molecule has 3 nitrogen and oxygen atoms in total. The van der Waals surface area contributed by atoms with Crippen LogP contribution >= 0.6 is 11.3 Å². The van der Waals surface area contributed by atoms with E-state index in [1.165, 1.54) is 15.6 Å². The van der Waals surface area contributed by atoms with E-state index in [-0.39, 0.29) is 5.60 Å². The molecular weight excluding hydrogens is 380 g/mol. The Balaban J connectivity index is 1.41. The number of methoxy groups -OCH3 is 2. The van der Waals surface area contributed by atoms with Gasteiger partial charge in [0.05, 0.1) is 16.6 Å². The molecule has 150 valence electrons. The normalized spacial score (nSPS) is 21.5. The summed E-state index contributed by atoms with van der Waals surface area (Å²) in [6.45, 7) is 0.365. The molecule has 0 bridgehead atoms. The van der Waals surface area contributed by atoms with Gasteiger partial charge >= 0.3 is 0 Å². The molecule has 0 unspecified atom stereocenters. The predicted molar refractivity (Wildman–Crippen MR) is 119 cm³/mol. The molecule has 1 aromatic heterocycles. The summed E-state index contributed by atoms with van der Waals surface area (Å²) in [7, 11) is 3.59. The maximum Gasteiger partial charge on any atom is 0.149 e. The van der Waals surface area contributed by atoms with Crippen LogP contribution in [0.4, 0.5) is 0 Å². The van der Waals surface area contributed by atoms with E-state index in [1.54, 1.807) is 25.6 Å². The van der Waals surface area contributed by atoms with Crippen molar-refractivity contribution in [3.05, 3.63) is 65.0 Å². The molecule has 2 aromatic carbocycles. The molecule has 1 aliphatic carbocycles. The topological polar surface area (TPSA) is 27.7 Å². The molecule has 4 heteroatoms. The maximum atomic E-state index is 5.99. The Bertz CT molecular complexity index is 986. The van der Waals surface area contributed by atoms with Crippen LogP contribution in [0.3, 0.4) is 0 Å². The minimum Gasteiger partial charge on any atom is -0.481 e. The molecule has 0 aliphatic heterocycles. The zero-order valence-corrected chi connectivity index (χ0v) is 17.8. The van der Waals surface area contributed by atoms with Crippen LogP contribution in [0.1, 0.15) is 36.1 Å². The predicted octanol–water partition coefficient (Wildman–Crippen LogP) is 5.76. The first-order chi connectivity index (χ1) is 14.2. The Hall–Kier alpha value is -2.32. The molecule has 4 rings (SSSR count). The summed E-state index contributed by atoms with van der Waals surface area (Å²) in [5.74, 6) is 7.19. The fraction of sp³-hybridized carbons (Fsp3) is 0.360. The highest BCUT2D eigenvalue weighted by atomic mass is 32.1. The number of thiophene rings is 1. The molecule has 1 heterocycles. The lowest BCUT2D eigenvalue weighted by molar-refractivity contribution is -0.0762. The number of fused-ring (bicyclic) bond motifs is 1. The van der Waals surface area contributed by atoms with Gasteiger partial charge in [0.15, 0.2) is 0 Å². The molecule has 0 N–H and O–H groups in total. The Morgan fingerprint density at radius 1 is 1.03 bits per heavy atom. The maximum absolute atomic E-state index is 5.99. The second kappa shape index (κ2) is 9.00. The first-order valence-electron chi connectivity index (χ1n) is 10.0. The van der Waals surface area contributed by atoms with Gasteiger partial charge in [0, 0.05) is 18.9 Å². The molecular formula is C25H26O3S. The van der Waals surface area contributed by atoms with Crippen molar-refractivity contribution >= 4 is 21.4 Å². The van der Waals surface area contributed by atoms with Crippen LogP contribution in [0, 0.1) is 11.8 Å². The lowest BCUT2D eigenvalue weighted by atomic mass is 9.78. The summed E-state index contributed by atoms with van der Waals surface area (Å²) in [4.78, 5) is 1.07. The number of ether oxygens (including phenoxy) is 3. The van der Waals surface area contributed by atoms with Crippen LogP contribution in [0.2, 0.25) is 0 Å². The summed E-state index contributed by atoms with van der Waals surface area (Å²) >= 11 is 1.71. The summed E-state index contributed by atoms with van der Waals surface area (Å²) in [6.07, 6.45) is 4.27. The van der Waals surface area contributed by atoms with E-state index in [2.05, 4.69) is 54.3 Å². The average molecular weight is 407 g/mol. The van der Waals surface area contributed by atoms with E-state index in [0.29, 0.717) is 12.7 Å². The van der Waals surface area contributed by atoms with Crippen molar-refractivity contribution in [2.24, 2.45) is 0 Å². The van der Waals surface area contributed by atoms with Gasteiger partial charge in [-0.3, -0.25) is 0 Å². The minimum atomic E-state index is -0.253. The third-order valence-electron chi connectivity index (χ3n) is 5.77. The van der Waals surface area contributed by atoms with Gasteiger partial charge in [0.2, 0.25) is 0 Å². The third kappa shape index (κ3) is 4.48. The second-order valence-electron chi connectivity index (χ2n) is 7.40. The smallest absolute Gasteiger partial charge is 0.149 e. The Kier molecular flexibility index (Phi) is 6.20. The molecule has 1 fully saturated rings. The fourth-order valence-electron chi connectivity index (χ4n) is 4.06. The highest BCUT2D eigenvalue weighted by molar-refractivity contribution is 7.19. The van der Waals surface area contributed by atoms with E-state index in [1.807, 2.05) is 12.1 Å². The lowest BCUT2D eigenvalue weighted by Gasteiger charge is -2.39. The van der Waals surface area contributed by atoms with Crippen molar-refractivity contribution in [1.82, 2.24) is 0 Å². The van der Waals surface area contributed by atoms with Gasteiger partial charge in [-0.1, -0.05) is 42.2 Å². The van der Waals surface area contributed by atoms with Crippen molar-refractivity contribution in [2.75, 3.05) is 20.8 Å². The van der Waals surface area contributed by atoms with Gasteiger partial charge in [-0.25, -0.2) is 0 Å². The highest BCUT2D eigenvalue weighted by Crippen LogP contribution is 2.41. The van der Waals surface area contributed by atoms with E-state index in [4.69, 9.17) is 14.2 Å². The summed E-state index contributed by atoms with van der Waals surface area (Å²) < 4.78 is 18.7. The van der Waals surface area contributed by atoms with Crippen molar-refractivity contribution in [3.63, 3.8) is 0 Å².